The number of allylic oxidation sites excluding steroid dienone is 4. The molecule has 0 amide bonds. The highest BCUT2D eigenvalue weighted by Crippen LogP contribution is 2.59. The van der Waals surface area contributed by atoms with Gasteiger partial charge in [-0.3, -0.25) is 0 Å². The van der Waals surface area contributed by atoms with Crippen LogP contribution in [0.5, 0.6) is 0 Å². The van der Waals surface area contributed by atoms with Gasteiger partial charge in [0.25, 0.3) is 0 Å². The van der Waals surface area contributed by atoms with Crippen LogP contribution in [-0.4, -0.2) is 4.57 Å². The number of rotatable bonds is 6. The molecule has 0 radical (unpaired) electrons. The number of nitrogens with zero attached hydrogens (tertiary/aromatic N) is 2. The number of benzene rings is 8. The molecule has 0 N–H and O–H groups in total. The molecule has 2 unspecified atom stereocenters. The summed E-state index contributed by atoms with van der Waals surface area (Å²) in [6.07, 6.45) is 7.98. The van der Waals surface area contributed by atoms with E-state index < -0.39 is 5.41 Å². The van der Waals surface area contributed by atoms with Gasteiger partial charge in [0.15, 0.2) is 0 Å². The molecule has 8 aromatic carbocycles. The van der Waals surface area contributed by atoms with Gasteiger partial charge in [-0.05, 0) is 112 Å². The van der Waals surface area contributed by atoms with Crippen LogP contribution >= 0.6 is 0 Å². The number of furan rings is 1. The maximum Gasteiger partial charge on any atom is 0.137 e. The van der Waals surface area contributed by atoms with Crippen molar-refractivity contribution < 1.29 is 4.42 Å². The van der Waals surface area contributed by atoms with Gasteiger partial charge in [0.1, 0.15) is 11.2 Å². The first-order valence-electron chi connectivity index (χ1n) is 20.7. The Morgan fingerprint density at radius 1 is 0.525 bits per heavy atom. The fraction of sp³-hybridized carbons (Fsp3) is 0.0714. The van der Waals surface area contributed by atoms with Gasteiger partial charge in [-0.2, -0.15) is 0 Å². The summed E-state index contributed by atoms with van der Waals surface area (Å²) in [6.45, 7) is 2.39. The van der Waals surface area contributed by atoms with Crippen molar-refractivity contribution in [2.45, 2.75) is 18.8 Å². The monoisotopic (exact) mass is 756 g/mol. The summed E-state index contributed by atoms with van der Waals surface area (Å²) < 4.78 is 8.93. The third kappa shape index (κ3) is 4.95. The lowest BCUT2D eigenvalue weighted by molar-refractivity contribution is 0.576. The highest BCUT2D eigenvalue weighted by atomic mass is 16.3. The number of para-hydroxylation sites is 3. The van der Waals surface area contributed by atoms with Gasteiger partial charge >= 0.3 is 0 Å². The van der Waals surface area contributed by atoms with Gasteiger partial charge in [-0.25, -0.2) is 0 Å². The summed E-state index contributed by atoms with van der Waals surface area (Å²) in [5, 5.41) is 4.67. The van der Waals surface area contributed by atoms with E-state index in [2.05, 4.69) is 217 Å². The van der Waals surface area contributed by atoms with Gasteiger partial charge in [0.05, 0.1) is 16.4 Å². The van der Waals surface area contributed by atoms with Crippen LogP contribution in [0.4, 0.5) is 17.1 Å². The zero-order valence-electron chi connectivity index (χ0n) is 32.7. The standard InChI is InChI=1S/C56H40N2O/c1-37-16-8-12-24-49(37)56(38-17-4-2-5-18-38)50-25-13-9-21-43(50)44-31-28-41(35-51(44)56)57(42-29-32-47-46-23-11-15-27-54(46)59-55(47)36-42)40-30-33-53-48(34-40)45-22-10-14-26-52(45)58(53)39-19-6-3-7-20-39/h2-15,17-37H,16H2,1H3. The summed E-state index contributed by atoms with van der Waals surface area (Å²) in [7, 11) is 0. The molecule has 0 bridgehead atoms. The maximum atomic E-state index is 6.55. The van der Waals surface area contributed by atoms with Crippen LogP contribution in [0.15, 0.2) is 216 Å². The summed E-state index contributed by atoms with van der Waals surface area (Å²) in [5.41, 5.74) is 16.0. The van der Waals surface area contributed by atoms with E-state index in [-0.39, 0.29) is 0 Å². The van der Waals surface area contributed by atoms with Crippen molar-refractivity contribution in [2.75, 3.05) is 4.90 Å². The fourth-order valence-corrected chi connectivity index (χ4v) is 10.4. The average Bonchev–Trinajstić information content (AvgIpc) is 3.93. The highest BCUT2D eigenvalue weighted by molar-refractivity contribution is 6.11. The van der Waals surface area contributed by atoms with Crippen LogP contribution in [0, 0.1) is 5.92 Å². The molecule has 2 atom stereocenters. The first-order chi connectivity index (χ1) is 29.2. The van der Waals surface area contributed by atoms with E-state index in [0.29, 0.717) is 5.92 Å². The van der Waals surface area contributed by atoms with E-state index in [0.717, 1.165) is 51.1 Å². The van der Waals surface area contributed by atoms with Gasteiger partial charge in [0.2, 0.25) is 0 Å². The largest absolute Gasteiger partial charge is 0.456 e. The zero-order chi connectivity index (χ0) is 39.1. The summed E-state index contributed by atoms with van der Waals surface area (Å²) in [5.74, 6) is 0.360. The third-order valence-electron chi connectivity index (χ3n) is 12.9. The van der Waals surface area contributed by atoms with Crippen LogP contribution in [0.25, 0.3) is 60.6 Å². The molecule has 280 valence electrons. The smallest absolute Gasteiger partial charge is 0.137 e. The Kier molecular flexibility index (Phi) is 7.49. The second-order valence-electron chi connectivity index (χ2n) is 16.1. The molecule has 10 aromatic rings. The van der Waals surface area contributed by atoms with Crippen molar-refractivity contribution in [3.63, 3.8) is 0 Å². The fourth-order valence-electron chi connectivity index (χ4n) is 10.4. The molecule has 2 aromatic heterocycles. The van der Waals surface area contributed by atoms with E-state index in [4.69, 9.17) is 4.42 Å². The van der Waals surface area contributed by atoms with Crippen LogP contribution in [0.1, 0.15) is 30.0 Å². The molecular weight excluding hydrogens is 717 g/mol. The Balaban J connectivity index is 1.14. The molecule has 2 aliphatic rings. The lowest BCUT2D eigenvalue weighted by Gasteiger charge is -2.40. The minimum absolute atomic E-state index is 0.360. The molecule has 0 saturated carbocycles. The molecule has 0 aliphatic heterocycles. The van der Waals surface area contributed by atoms with Crippen LogP contribution < -0.4 is 4.90 Å². The maximum absolute atomic E-state index is 6.55. The van der Waals surface area contributed by atoms with E-state index in [9.17, 15) is 0 Å². The van der Waals surface area contributed by atoms with Crippen molar-refractivity contribution in [1.82, 2.24) is 4.57 Å². The van der Waals surface area contributed by atoms with Crippen LogP contribution in [0.2, 0.25) is 0 Å². The average molecular weight is 757 g/mol. The Labute approximate surface area is 343 Å². The summed E-state index contributed by atoms with van der Waals surface area (Å²) in [6, 6.07) is 68.8. The minimum Gasteiger partial charge on any atom is -0.456 e. The van der Waals surface area contributed by atoms with Crippen molar-refractivity contribution in [3.05, 3.63) is 229 Å². The first kappa shape index (κ1) is 33.7. The molecule has 2 heterocycles. The lowest BCUT2D eigenvalue weighted by Crippen LogP contribution is -2.33. The number of fused-ring (bicyclic) bond motifs is 9. The molecule has 59 heavy (non-hydrogen) atoms. The molecule has 0 fully saturated rings. The van der Waals surface area contributed by atoms with E-state index in [1.165, 1.54) is 55.2 Å². The van der Waals surface area contributed by atoms with Gasteiger partial charge in [-0.1, -0.05) is 140 Å². The van der Waals surface area contributed by atoms with Crippen molar-refractivity contribution in [1.29, 1.82) is 0 Å². The Morgan fingerprint density at radius 2 is 1.17 bits per heavy atom. The first-order valence-corrected chi connectivity index (χ1v) is 20.7. The SMILES string of the molecule is CC1CC=CC=C1C1(c2ccccc2)c2ccccc2-c2ccc(N(c3ccc4c(c3)oc3ccccc34)c3ccc4c(c3)c3ccccc3n4-c3ccccc3)cc21. The number of aromatic nitrogens is 1. The molecular formula is C56H40N2O. The normalized spacial score (nSPS) is 17.1. The topological polar surface area (TPSA) is 21.3 Å². The van der Waals surface area contributed by atoms with Crippen LogP contribution in [-0.2, 0) is 5.41 Å². The van der Waals surface area contributed by atoms with Gasteiger partial charge < -0.3 is 13.9 Å². The molecule has 3 nitrogen and oxygen atoms in total. The van der Waals surface area contributed by atoms with Crippen molar-refractivity contribution in [3.8, 4) is 16.8 Å². The lowest BCUT2D eigenvalue weighted by atomic mass is 9.63. The molecule has 3 heteroatoms. The number of anilines is 3. The Morgan fingerprint density at radius 3 is 2.03 bits per heavy atom. The second kappa shape index (κ2) is 13.1. The van der Waals surface area contributed by atoms with Gasteiger partial charge in [-0.15, -0.1) is 0 Å². The second-order valence-corrected chi connectivity index (χ2v) is 16.1. The third-order valence-corrected chi connectivity index (χ3v) is 12.9. The molecule has 0 spiro atoms. The number of hydrogen-bond acceptors (Lipinski definition) is 2. The van der Waals surface area contributed by atoms with Gasteiger partial charge in [0, 0.05) is 50.4 Å². The predicted molar refractivity (Wildman–Crippen MR) is 246 cm³/mol. The van der Waals surface area contributed by atoms with Crippen LogP contribution in [0.3, 0.4) is 0 Å². The van der Waals surface area contributed by atoms with Crippen molar-refractivity contribution >= 4 is 60.8 Å². The van der Waals surface area contributed by atoms with E-state index >= 15 is 0 Å². The zero-order valence-corrected chi connectivity index (χ0v) is 32.7. The minimum atomic E-state index is -0.463. The summed E-state index contributed by atoms with van der Waals surface area (Å²) in [4.78, 5) is 2.43. The Bertz CT molecular complexity index is 3330. The predicted octanol–water partition coefficient (Wildman–Crippen LogP) is 15.0. The van der Waals surface area contributed by atoms with Crippen molar-refractivity contribution in [2.24, 2.45) is 5.92 Å². The molecule has 12 rings (SSSR count). The van der Waals surface area contributed by atoms with E-state index in [1.54, 1.807) is 0 Å². The highest BCUT2D eigenvalue weighted by Gasteiger charge is 2.48. The number of hydrogen-bond donors (Lipinski definition) is 0. The summed E-state index contributed by atoms with van der Waals surface area (Å²) >= 11 is 0. The van der Waals surface area contributed by atoms with E-state index in [1.807, 2.05) is 6.07 Å². The quantitative estimate of drug-likeness (QED) is 0.168. The molecule has 0 saturated heterocycles. The Hall–Kier alpha value is -7.36. The molecule has 2 aliphatic carbocycles.